The summed E-state index contributed by atoms with van der Waals surface area (Å²) in [6, 6.07) is 0. The van der Waals surface area contributed by atoms with Crippen LogP contribution in [0.2, 0.25) is 0 Å². The lowest BCUT2D eigenvalue weighted by molar-refractivity contribution is -0.0722. The first-order valence-corrected chi connectivity index (χ1v) is 11.8. The van der Waals surface area contributed by atoms with Crippen LogP contribution in [0.3, 0.4) is 0 Å². The molecule has 5 rings (SSSR count). The Hall–Kier alpha value is -1.69. The van der Waals surface area contributed by atoms with Crippen molar-refractivity contribution in [2.45, 2.75) is 84.7 Å². The molecular formula is C24H35N3O3. The summed E-state index contributed by atoms with van der Waals surface area (Å²) in [4.78, 5) is 9.77. The van der Waals surface area contributed by atoms with Crippen molar-refractivity contribution < 1.29 is 14.5 Å². The molecule has 0 aliphatic heterocycles. The predicted octanol–water partition coefficient (Wildman–Crippen LogP) is 4.62. The molecule has 0 radical (unpaired) electrons. The fourth-order valence-corrected chi connectivity index (χ4v) is 7.32. The summed E-state index contributed by atoms with van der Waals surface area (Å²) in [5, 5.41) is 18.8. The summed E-state index contributed by atoms with van der Waals surface area (Å²) in [7, 11) is 0. The van der Waals surface area contributed by atoms with E-state index in [1.165, 1.54) is 32.1 Å². The Balaban J connectivity index is 1.26. The van der Waals surface area contributed by atoms with E-state index in [1.807, 2.05) is 6.92 Å². The van der Waals surface area contributed by atoms with E-state index >= 15 is 0 Å². The predicted molar refractivity (Wildman–Crippen MR) is 114 cm³/mol. The molecular weight excluding hydrogens is 378 g/mol. The highest BCUT2D eigenvalue weighted by atomic mass is 16.6. The van der Waals surface area contributed by atoms with Crippen LogP contribution in [0.15, 0.2) is 21.3 Å². The third kappa shape index (κ3) is 3.22. The van der Waals surface area contributed by atoms with Crippen LogP contribution in [0.1, 0.15) is 76.9 Å². The lowest BCUT2D eigenvalue weighted by atomic mass is 9.47. The summed E-state index contributed by atoms with van der Waals surface area (Å²) >= 11 is 0. The molecule has 6 unspecified atom stereocenters. The minimum atomic E-state index is -0.0912. The smallest absolute Gasteiger partial charge is 0.230 e. The Morgan fingerprint density at radius 3 is 2.83 bits per heavy atom. The molecule has 1 aromatic heterocycles. The maximum absolute atomic E-state index is 10.6. The van der Waals surface area contributed by atoms with Gasteiger partial charge in [-0.25, -0.2) is 0 Å². The molecule has 4 aliphatic carbocycles. The summed E-state index contributed by atoms with van der Waals surface area (Å²) in [5.74, 6) is 3.48. The fraction of sp³-hybridized carbons (Fsp3) is 0.792. The number of aliphatic hydroxyl groups is 1. The number of hydrogen-bond donors (Lipinski definition) is 1. The maximum atomic E-state index is 10.6. The van der Waals surface area contributed by atoms with Gasteiger partial charge in [0.05, 0.1) is 18.2 Å². The molecule has 1 N–H and O–H groups in total. The second kappa shape index (κ2) is 7.47. The maximum Gasteiger partial charge on any atom is 0.230 e. The summed E-state index contributed by atoms with van der Waals surface area (Å²) in [6.45, 7) is 7.13. The number of nitrogens with zero attached hydrogens (tertiary/aromatic N) is 3. The molecule has 6 heteroatoms. The van der Waals surface area contributed by atoms with E-state index in [-0.39, 0.29) is 16.9 Å². The van der Waals surface area contributed by atoms with Gasteiger partial charge < -0.3 is 14.5 Å². The minimum absolute atomic E-state index is 0.0912. The average Bonchev–Trinajstić information content (AvgIpc) is 3.28. The normalized spacial score (nSPS) is 41.7. The molecule has 0 saturated heterocycles. The van der Waals surface area contributed by atoms with Crippen LogP contribution in [0, 0.1) is 35.5 Å². The monoisotopic (exact) mass is 413 g/mol. The van der Waals surface area contributed by atoms with Crippen LogP contribution in [-0.2, 0) is 11.3 Å². The van der Waals surface area contributed by atoms with Crippen molar-refractivity contribution in [2.75, 3.05) is 6.61 Å². The van der Waals surface area contributed by atoms with Gasteiger partial charge in [-0.15, -0.1) is 0 Å². The van der Waals surface area contributed by atoms with Crippen molar-refractivity contribution in [3.8, 4) is 0 Å². The first-order valence-electron chi connectivity index (χ1n) is 11.8. The van der Waals surface area contributed by atoms with E-state index in [1.54, 1.807) is 5.57 Å². The van der Waals surface area contributed by atoms with E-state index < -0.39 is 0 Å². The number of aliphatic hydroxyl groups excluding tert-OH is 1. The molecule has 6 nitrogen and oxygen atoms in total. The molecule has 4 aliphatic rings. The van der Waals surface area contributed by atoms with Crippen molar-refractivity contribution in [3.05, 3.63) is 23.4 Å². The Morgan fingerprint density at radius 2 is 2.03 bits per heavy atom. The zero-order valence-corrected chi connectivity index (χ0v) is 18.6. The Kier molecular flexibility index (Phi) is 5.04. The quantitative estimate of drug-likeness (QED) is 0.575. The van der Waals surface area contributed by atoms with E-state index in [4.69, 9.17) is 9.36 Å². The van der Waals surface area contributed by atoms with Crippen molar-refractivity contribution in [3.63, 3.8) is 0 Å². The van der Waals surface area contributed by atoms with Gasteiger partial charge in [0.25, 0.3) is 0 Å². The molecule has 0 spiro atoms. The van der Waals surface area contributed by atoms with Crippen LogP contribution < -0.4 is 0 Å². The molecule has 0 amide bonds. The number of allylic oxidation sites excluding steroid dienone is 2. The van der Waals surface area contributed by atoms with Crippen LogP contribution in [0.25, 0.3) is 0 Å². The Labute approximate surface area is 179 Å². The van der Waals surface area contributed by atoms with E-state index in [0.29, 0.717) is 30.7 Å². The van der Waals surface area contributed by atoms with Gasteiger partial charge in [-0.3, -0.25) is 0 Å². The number of fused-ring (bicyclic) bond motifs is 5. The highest BCUT2D eigenvalue weighted by molar-refractivity contribution is 5.96. The highest BCUT2D eigenvalue weighted by Crippen LogP contribution is 2.65. The van der Waals surface area contributed by atoms with Gasteiger partial charge in [0, 0.05) is 0 Å². The van der Waals surface area contributed by atoms with Crippen LogP contribution in [-0.4, -0.2) is 33.7 Å². The summed E-state index contributed by atoms with van der Waals surface area (Å²) in [5.41, 5.74) is 3.09. The van der Waals surface area contributed by atoms with Crippen molar-refractivity contribution in [1.82, 2.24) is 10.1 Å². The van der Waals surface area contributed by atoms with E-state index in [0.717, 1.165) is 36.8 Å². The van der Waals surface area contributed by atoms with E-state index in [9.17, 15) is 5.11 Å². The Morgan fingerprint density at radius 1 is 1.17 bits per heavy atom. The number of aromatic nitrogens is 2. The molecule has 0 bridgehead atoms. The fourth-order valence-electron chi connectivity index (χ4n) is 7.32. The number of hydrogen-bond acceptors (Lipinski definition) is 6. The van der Waals surface area contributed by atoms with Crippen molar-refractivity contribution >= 4 is 5.71 Å². The van der Waals surface area contributed by atoms with E-state index in [2.05, 4.69) is 35.2 Å². The zero-order valence-electron chi connectivity index (χ0n) is 18.6. The standard InChI is InChI=1S/C24H35N3O3/c1-15-25-22(30-26-15)10-13-29-27-17-8-11-23(2)16(14-17)4-5-18-19-6-7-21(28)24(19,3)12-9-20(18)23/h14,18-21,28H,4-13H2,1-3H3. The molecule has 30 heavy (non-hydrogen) atoms. The van der Waals surface area contributed by atoms with Crippen molar-refractivity contribution in [2.24, 2.45) is 33.7 Å². The molecule has 3 fully saturated rings. The number of aryl methyl sites for hydroxylation is 1. The highest BCUT2D eigenvalue weighted by Gasteiger charge is 2.58. The third-order valence-electron chi connectivity index (χ3n) is 9.09. The molecule has 0 aromatic carbocycles. The molecule has 164 valence electrons. The molecule has 1 aromatic rings. The molecule has 3 saturated carbocycles. The van der Waals surface area contributed by atoms with Crippen LogP contribution in [0.5, 0.6) is 0 Å². The first kappa shape index (κ1) is 20.2. The minimum Gasteiger partial charge on any atom is -0.395 e. The number of oxime groups is 1. The topological polar surface area (TPSA) is 80.7 Å². The molecule has 6 atom stereocenters. The van der Waals surface area contributed by atoms with Crippen LogP contribution in [0.4, 0.5) is 0 Å². The Bertz CT molecular complexity index is 862. The van der Waals surface area contributed by atoms with Gasteiger partial charge in [0.2, 0.25) is 5.89 Å². The third-order valence-corrected chi connectivity index (χ3v) is 9.09. The zero-order chi connectivity index (χ0) is 20.9. The second-order valence-electron chi connectivity index (χ2n) is 10.5. The van der Waals surface area contributed by atoms with Gasteiger partial charge in [-0.1, -0.05) is 29.7 Å². The second-order valence-corrected chi connectivity index (χ2v) is 10.5. The summed E-state index contributed by atoms with van der Waals surface area (Å²) in [6.07, 6.45) is 12.1. The average molecular weight is 414 g/mol. The SMILES string of the molecule is Cc1noc(CCON=C2C=C3CCC4C(CCC5(C)C(O)CCC45)C3(C)CC2)n1. The lowest BCUT2D eigenvalue weighted by Gasteiger charge is -2.57. The van der Waals surface area contributed by atoms with Gasteiger partial charge in [-0.2, -0.15) is 4.98 Å². The van der Waals surface area contributed by atoms with Gasteiger partial charge in [-0.05, 0) is 93.0 Å². The lowest BCUT2D eigenvalue weighted by Crippen LogP contribution is -2.51. The first-order chi connectivity index (χ1) is 14.4. The van der Waals surface area contributed by atoms with Gasteiger partial charge in [0.1, 0.15) is 6.61 Å². The van der Waals surface area contributed by atoms with Crippen molar-refractivity contribution in [1.29, 1.82) is 0 Å². The van der Waals surface area contributed by atoms with Gasteiger partial charge in [0.15, 0.2) is 5.82 Å². The largest absolute Gasteiger partial charge is 0.395 e. The number of rotatable bonds is 4. The molecule has 1 heterocycles. The van der Waals surface area contributed by atoms with Gasteiger partial charge >= 0.3 is 0 Å². The van der Waals surface area contributed by atoms with Crippen LogP contribution >= 0.6 is 0 Å². The summed E-state index contributed by atoms with van der Waals surface area (Å²) < 4.78 is 5.12.